The zero-order chi connectivity index (χ0) is 28.4. The van der Waals surface area contributed by atoms with Crippen LogP contribution in [0.4, 0.5) is 16.6 Å². The molecule has 2 aromatic rings. The van der Waals surface area contributed by atoms with Crippen LogP contribution in [-0.4, -0.2) is 64.5 Å². The van der Waals surface area contributed by atoms with Crippen LogP contribution >= 0.6 is 0 Å². The number of piperazine rings is 1. The molecule has 0 radical (unpaired) electrons. The zero-order valence-electron chi connectivity index (χ0n) is 24.2. The average molecular weight is 547 g/mol. The summed E-state index contributed by atoms with van der Waals surface area (Å²) in [6.07, 6.45) is 6.58. The van der Waals surface area contributed by atoms with Crippen molar-refractivity contribution in [1.82, 2.24) is 19.8 Å². The summed E-state index contributed by atoms with van der Waals surface area (Å²) in [5, 5.41) is 3.48. The largest absolute Gasteiger partial charge is 0.444 e. The summed E-state index contributed by atoms with van der Waals surface area (Å²) in [7, 11) is 0. The molecule has 1 aromatic heterocycles. The summed E-state index contributed by atoms with van der Waals surface area (Å²) in [6, 6.07) is 7.27. The standard InChI is InChI=1S/C31H42N6O3/c1-6-28(38)36-14-12-35(13-15-36)27(16-22-8-9-22)23-10-11-25(26(17-23)20(3)4)21(5)33-30-32-18-24-19-40-31(39)37(7-2)29(24)34-30/h6,10-11,17-18,20-22,27H,1,7-9,12-16,19H2,2-5H3,(H,32,33,34)/t21-,27-/m0/s1. The molecule has 214 valence electrons. The Labute approximate surface area is 237 Å². The smallest absolute Gasteiger partial charge is 0.415 e. The molecule has 0 bridgehead atoms. The molecule has 9 heteroatoms. The highest BCUT2D eigenvalue weighted by molar-refractivity contribution is 5.89. The molecule has 1 saturated carbocycles. The number of nitrogens with one attached hydrogen (secondary N) is 1. The van der Waals surface area contributed by atoms with Gasteiger partial charge in [-0.2, -0.15) is 4.98 Å². The highest BCUT2D eigenvalue weighted by Gasteiger charge is 2.33. The molecular weight excluding hydrogens is 504 g/mol. The minimum Gasteiger partial charge on any atom is -0.444 e. The van der Waals surface area contributed by atoms with Gasteiger partial charge in [0.25, 0.3) is 0 Å². The summed E-state index contributed by atoms with van der Waals surface area (Å²) < 4.78 is 5.22. The maximum Gasteiger partial charge on any atom is 0.415 e. The molecule has 0 unspecified atom stereocenters. The van der Waals surface area contributed by atoms with Gasteiger partial charge in [-0.25, -0.2) is 9.78 Å². The minimum absolute atomic E-state index is 0.0227. The Morgan fingerprint density at radius 2 is 1.93 bits per heavy atom. The minimum atomic E-state index is -0.375. The Bertz CT molecular complexity index is 1250. The lowest BCUT2D eigenvalue weighted by Gasteiger charge is -2.39. The molecule has 9 nitrogen and oxygen atoms in total. The first-order valence-electron chi connectivity index (χ1n) is 14.6. The van der Waals surface area contributed by atoms with Crippen LogP contribution in [-0.2, 0) is 16.1 Å². The van der Waals surface area contributed by atoms with Crippen LogP contribution in [0.25, 0.3) is 0 Å². The van der Waals surface area contributed by atoms with E-state index >= 15 is 0 Å². The molecule has 40 heavy (non-hydrogen) atoms. The van der Waals surface area contributed by atoms with E-state index in [-0.39, 0.29) is 24.6 Å². The maximum absolute atomic E-state index is 12.2. The van der Waals surface area contributed by atoms with Gasteiger partial charge in [0.15, 0.2) is 0 Å². The number of anilines is 2. The first-order valence-corrected chi connectivity index (χ1v) is 14.6. The predicted molar refractivity (Wildman–Crippen MR) is 156 cm³/mol. The normalized spacial score (nSPS) is 19.2. The van der Waals surface area contributed by atoms with E-state index in [1.807, 2.05) is 11.8 Å². The summed E-state index contributed by atoms with van der Waals surface area (Å²) in [6.45, 7) is 16.1. The summed E-state index contributed by atoms with van der Waals surface area (Å²) in [4.78, 5) is 39.5. The van der Waals surface area contributed by atoms with E-state index in [1.165, 1.54) is 46.9 Å². The van der Waals surface area contributed by atoms with Gasteiger partial charge in [0.1, 0.15) is 12.4 Å². The number of amides is 2. The fourth-order valence-corrected chi connectivity index (χ4v) is 5.90. The maximum atomic E-state index is 12.2. The lowest BCUT2D eigenvalue weighted by atomic mass is 9.88. The van der Waals surface area contributed by atoms with E-state index in [9.17, 15) is 9.59 Å². The summed E-state index contributed by atoms with van der Waals surface area (Å²) in [5.74, 6) is 2.27. The van der Waals surface area contributed by atoms with Crippen molar-refractivity contribution in [3.8, 4) is 0 Å². The van der Waals surface area contributed by atoms with Crippen molar-refractivity contribution in [3.05, 3.63) is 59.3 Å². The number of rotatable bonds is 10. The van der Waals surface area contributed by atoms with E-state index in [1.54, 1.807) is 6.20 Å². The van der Waals surface area contributed by atoms with Crippen molar-refractivity contribution in [2.75, 3.05) is 42.9 Å². The molecule has 1 aliphatic carbocycles. The lowest BCUT2D eigenvalue weighted by Crippen LogP contribution is -2.49. The van der Waals surface area contributed by atoms with Crippen molar-refractivity contribution in [2.45, 2.75) is 71.6 Å². The molecule has 2 amide bonds. The number of cyclic esters (lactones) is 1. The van der Waals surface area contributed by atoms with Crippen LogP contribution in [0.2, 0.25) is 0 Å². The number of hydrogen-bond acceptors (Lipinski definition) is 7. The SMILES string of the molecule is C=CC(=O)N1CCN([C@@H](CC2CC2)c2ccc([C@H](C)Nc3ncc4c(n3)N(CC)C(=O)OC4)c(C(C)C)c2)CC1. The molecule has 3 aliphatic rings. The number of aromatic nitrogens is 2. The lowest BCUT2D eigenvalue weighted by molar-refractivity contribution is -0.128. The average Bonchev–Trinajstić information content (AvgIpc) is 3.79. The van der Waals surface area contributed by atoms with Gasteiger partial charge in [-0.05, 0) is 54.9 Å². The van der Waals surface area contributed by atoms with Crippen molar-refractivity contribution >= 4 is 23.8 Å². The molecule has 1 N–H and O–H groups in total. The predicted octanol–water partition coefficient (Wildman–Crippen LogP) is 5.42. The fraction of sp³-hybridized carbons (Fsp3) is 0.548. The van der Waals surface area contributed by atoms with Gasteiger partial charge in [0.2, 0.25) is 11.9 Å². The number of hydrogen-bond donors (Lipinski definition) is 1. The second-order valence-electron chi connectivity index (χ2n) is 11.5. The summed E-state index contributed by atoms with van der Waals surface area (Å²) >= 11 is 0. The third-order valence-corrected chi connectivity index (χ3v) is 8.41. The van der Waals surface area contributed by atoms with Crippen molar-refractivity contribution in [2.24, 2.45) is 5.92 Å². The van der Waals surface area contributed by atoms with Crippen LogP contribution in [0, 0.1) is 5.92 Å². The third kappa shape index (κ3) is 5.99. The number of carbonyl (C=O) groups excluding carboxylic acids is 2. The van der Waals surface area contributed by atoms with Crippen molar-refractivity contribution < 1.29 is 14.3 Å². The van der Waals surface area contributed by atoms with Gasteiger partial charge in [0, 0.05) is 45.0 Å². The van der Waals surface area contributed by atoms with E-state index < -0.39 is 0 Å². The molecule has 2 aliphatic heterocycles. The van der Waals surface area contributed by atoms with Gasteiger partial charge in [-0.1, -0.05) is 51.5 Å². The second kappa shape index (κ2) is 12.0. The topological polar surface area (TPSA) is 90.9 Å². The fourth-order valence-electron chi connectivity index (χ4n) is 5.90. The number of benzene rings is 1. The number of carbonyl (C=O) groups is 2. The highest BCUT2D eigenvalue weighted by atomic mass is 16.6. The molecule has 2 fully saturated rings. The van der Waals surface area contributed by atoms with Crippen LogP contribution in [0.3, 0.4) is 0 Å². The van der Waals surface area contributed by atoms with Crippen LogP contribution in [0.1, 0.15) is 87.2 Å². The van der Waals surface area contributed by atoms with E-state index in [0.29, 0.717) is 30.3 Å². The van der Waals surface area contributed by atoms with Gasteiger partial charge < -0.3 is 15.0 Å². The van der Waals surface area contributed by atoms with Gasteiger partial charge in [-0.3, -0.25) is 14.6 Å². The van der Waals surface area contributed by atoms with Gasteiger partial charge in [-0.15, -0.1) is 0 Å². The molecule has 2 atom stereocenters. The molecule has 5 rings (SSSR count). The first kappa shape index (κ1) is 28.1. The Balaban J connectivity index is 1.36. The monoisotopic (exact) mass is 546 g/mol. The molecule has 1 saturated heterocycles. The highest BCUT2D eigenvalue weighted by Crippen LogP contribution is 2.41. The second-order valence-corrected chi connectivity index (χ2v) is 11.5. The summed E-state index contributed by atoms with van der Waals surface area (Å²) in [5.41, 5.74) is 4.70. The van der Waals surface area contributed by atoms with Gasteiger partial charge >= 0.3 is 6.09 Å². The molecule has 0 spiro atoms. The van der Waals surface area contributed by atoms with E-state index in [0.717, 1.165) is 37.7 Å². The molecule has 3 heterocycles. The number of ether oxygens (including phenoxy) is 1. The molecule has 1 aromatic carbocycles. The van der Waals surface area contributed by atoms with Crippen LogP contribution < -0.4 is 10.2 Å². The Hall–Kier alpha value is -3.46. The number of nitrogens with zero attached hydrogens (tertiary/aromatic N) is 5. The van der Waals surface area contributed by atoms with E-state index in [2.05, 4.69) is 65.7 Å². The van der Waals surface area contributed by atoms with Crippen LogP contribution in [0.15, 0.2) is 37.1 Å². The van der Waals surface area contributed by atoms with Crippen LogP contribution in [0.5, 0.6) is 0 Å². The van der Waals surface area contributed by atoms with E-state index in [4.69, 9.17) is 4.74 Å². The Kier molecular flexibility index (Phi) is 8.40. The zero-order valence-corrected chi connectivity index (χ0v) is 24.2. The Morgan fingerprint density at radius 3 is 2.58 bits per heavy atom. The third-order valence-electron chi connectivity index (χ3n) is 8.41. The number of fused-ring (bicyclic) bond motifs is 1. The first-order chi connectivity index (χ1) is 19.3. The van der Waals surface area contributed by atoms with Gasteiger partial charge in [0.05, 0.1) is 11.6 Å². The molecular formula is C31H42N6O3. The van der Waals surface area contributed by atoms with Crippen molar-refractivity contribution in [3.63, 3.8) is 0 Å². The Morgan fingerprint density at radius 1 is 1.18 bits per heavy atom. The quantitative estimate of drug-likeness (QED) is 0.398. The van der Waals surface area contributed by atoms with Crippen molar-refractivity contribution in [1.29, 1.82) is 0 Å².